The molecule has 0 radical (unpaired) electrons. The standard InChI is InChI=1S/C12H23N3O3S/c1-19(17,18)7-5-11(13)12(16)14-9-4-6-15(8-9)10-2-3-10/h9-11H,2-8,13H2,1H3,(H,14,16). The van der Waals surface area contributed by atoms with E-state index in [9.17, 15) is 13.2 Å². The summed E-state index contributed by atoms with van der Waals surface area (Å²) in [6.45, 7) is 1.93. The van der Waals surface area contributed by atoms with Crippen molar-refractivity contribution >= 4 is 15.7 Å². The highest BCUT2D eigenvalue weighted by molar-refractivity contribution is 7.90. The van der Waals surface area contributed by atoms with Crippen molar-refractivity contribution < 1.29 is 13.2 Å². The van der Waals surface area contributed by atoms with Gasteiger partial charge in [-0.25, -0.2) is 8.42 Å². The van der Waals surface area contributed by atoms with Crippen molar-refractivity contribution in [2.75, 3.05) is 25.1 Å². The van der Waals surface area contributed by atoms with Gasteiger partial charge in [-0.1, -0.05) is 0 Å². The Balaban J connectivity index is 1.71. The summed E-state index contributed by atoms with van der Waals surface area (Å²) in [4.78, 5) is 14.3. The van der Waals surface area contributed by atoms with E-state index in [1.807, 2.05) is 0 Å². The van der Waals surface area contributed by atoms with Crippen molar-refractivity contribution in [3.05, 3.63) is 0 Å². The lowest BCUT2D eigenvalue weighted by molar-refractivity contribution is -0.123. The molecule has 2 fully saturated rings. The highest BCUT2D eigenvalue weighted by atomic mass is 32.2. The summed E-state index contributed by atoms with van der Waals surface area (Å²) in [6.07, 6.45) is 4.84. The van der Waals surface area contributed by atoms with E-state index < -0.39 is 15.9 Å². The first-order valence-corrected chi connectivity index (χ1v) is 8.89. The van der Waals surface area contributed by atoms with Crippen LogP contribution in [-0.2, 0) is 14.6 Å². The molecular formula is C12H23N3O3S. The van der Waals surface area contributed by atoms with Gasteiger partial charge >= 0.3 is 0 Å². The normalized spacial score (nSPS) is 26.3. The van der Waals surface area contributed by atoms with Crippen LogP contribution in [0.15, 0.2) is 0 Å². The second-order valence-electron chi connectivity index (χ2n) is 5.75. The molecule has 1 aliphatic carbocycles. The summed E-state index contributed by atoms with van der Waals surface area (Å²) in [5, 5.41) is 2.93. The van der Waals surface area contributed by atoms with Crippen LogP contribution >= 0.6 is 0 Å². The van der Waals surface area contributed by atoms with Crippen LogP contribution in [0.3, 0.4) is 0 Å². The monoisotopic (exact) mass is 289 g/mol. The van der Waals surface area contributed by atoms with Crippen LogP contribution in [0.2, 0.25) is 0 Å². The molecule has 0 aromatic heterocycles. The number of hydrogen-bond acceptors (Lipinski definition) is 5. The summed E-state index contributed by atoms with van der Waals surface area (Å²) in [6, 6.07) is 0.155. The fourth-order valence-corrected chi connectivity index (χ4v) is 3.14. The first kappa shape index (κ1) is 14.7. The van der Waals surface area contributed by atoms with Crippen LogP contribution in [0.4, 0.5) is 0 Å². The van der Waals surface area contributed by atoms with Crippen LogP contribution in [0.1, 0.15) is 25.7 Å². The Kier molecular flexibility index (Phi) is 4.47. The van der Waals surface area contributed by atoms with Gasteiger partial charge in [-0.2, -0.15) is 0 Å². The van der Waals surface area contributed by atoms with Crippen LogP contribution in [0.5, 0.6) is 0 Å². The maximum absolute atomic E-state index is 11.9. The summed E-state index contributed by atoms with van der Waals surface area (Å²) >= 11 is 0. The van der Waals surface area contributed by atoms with Gasteiger partial charge in [0.15, 0.2) is 0 Å². The number of carbonyl (C=O) groups excluding carboxylic acids is 1. The fraction of sp³-hybridized carbons (Fsp3) is 0.917. The Bertz CT molecular complexity index is 434. The lowest BCUT2D eigenvalue weighted by Crippen LogP contribution is -2.47. The number of nitrogens with one attached hydrogen (secondary N) is 1. The molecule has 110 valence electrons. The van der Waals surface area contributed by atoms with Crippen molar-refractivity contribution in [3.8, 4) is 0 Å². The van der Waals surface area contributed by atoms with E-state index in [1.165, 1.54) is 12.8 Å². The highest BCUT2D eigenvalue weighted by Gasteiger charge is 2.35. The van der Waals surface area contributed by atoms with Gasteiger partial charge in [0.2, 0.25) is 5.91 Å². The molecule has 1 saturated carbocycles. The Morgan fingerprint density at radius 3 is 2.68 bits per heavy atom. The molecule has 2 unspecified atom stereocenters. The van der Waals surface area contributed by atoms with Gasteiger partial charge in [0.25, 0.3) is 0 Å². The van der Waals surface area contributed by atoms with Gasteiger partial charge in [0.1, 0.15) is 9.84 Å². The Labute approximate surface area is 114 Å². The smallest absolute Gasteiger partial charge is 0.237 e. The number of rotatable bonds is 6. The van der Waals surface area contributed by atoms with Crippen molar-refractivity contribution in [2.24, 2.45) is 5.73 Å². The molecule has 19 heavy (non-hydrogen) atoms. The molecule has 2 aliphatic rings. The number of hydrogen-bond donors (Lipinski definition) is 2. The molecule has 2 rings (SSSR count). The molecule has 0 aromatic rings. The number of sulfone groups is 1. The number of likely N-dealkylation sites (tertiary alicyclic amines) is 1. The van der Waals surface area contributed by atoms with Crippen LogP contribution < -0.4 is 11.1 Å². The van der Waals surface area contributed by atoms with Crippen molar-refractivity contribution in [2.45, 2.75) is 43.8 Å². The zero-order valence-electron chi connectivity index (χ0n) is 11.3. The molecule has 0 bridgehead atoms. The molecule has 3 N–H and O–H groups in total. The van der Waals surface area contributed by atoms with E-state index in [0.717, 1.165) is 31.8 Å². The number of nitrogens with zero attached hydrogens (tertiary/aromatic N) is 1. The van der Waals surface area contributed by atoms with E-state index in [-0.39, 0.29) is 24.1 Å². The number of amides is 1. The van der Waals surface area contributed by atoms with Gasteiger partial charge < -0.3 is 11.1 Å². The fourth-order valence-electron chi connectivity index (χ4n) is 2.46. The summed E-state index contributed by atoms with van der Waals surface area (Å²) in [5.41, 5.74) is 5.72. The third-order valence-corrected chi connectivity index (χ3v) is 4.74. The quantitative estimate of drug-likeness (QED) is 0.661. The minimum atomic E-state index is -3.06. The lowest BCUT2D eigenvalue weighted by Gasteiger charge is -2.18. The van der Waals surface area contributed by atoms with Crippen molar-refractivity contribution in [3.63, 3.8) is 0 Å². The van der Waals surface area contributed by atoms with Crippen molar-refractivity contribution in [1.29, 1.82) is 0 Å². The van der Waals surface area contributed by atoms with E-state index >= 15 is 0 Å². The maximum Gasteiger partial charge on any atom is 0.237 e. The average molecular weight is 289 g/mol. The Morgan fingerprint density at radius 2 is 2.11 bits per heavy atom. The largest absolute Gasteiger partial charge is 0.351 e. The SMILES string of the molecule is CS(=O)(=O)CCC(N)C(=O)NC1CCN(C2CC2)C1. The third kappa shape index (κ3) is 4.74. The van der Waals surface area contributed by atoms with Gasteiger partial charge in [0, 0.05) is 31.4 Å². The molecule has 1 saturated heterocycles. The van der Waals surface area contributed by atoms with Crippen LogP contribution in [0.25, 0.3) is 0 Å². The minimum absolute atomic E-state index is 0.0412. The summed E-state index contributed by atoms with van der Waals surface area (Å²) < 4.78 is 22.1. The maximum atomic E-state index is 11.9. The average Bonchev–Trinajstić information content (AvgIpc) is 3.06. The van der Waals surface area contributed by atoms with Gasteiger partial charge in [-0.05, 0) is 25.7 Å². The Morgan fingerprint density at radius 1 is 1.42 bits per heavy atom. The van der Waals surface area contributed by atoms with E-state index in [4.69, 9.17) is 5.73 Å². The third-order valence-electron chi connectivity index (χ3n) is 3.77. The summed E-state index contributed by atoms with van der Waals surface area (Å²) in [7, 11) is -3.06. The molecular weight excluding hydrogens is 266 g/mol. The molecule has 0 aromatic carbocycles. The first-order chi connectivity index (χ1) is 8.85. The van der Waals surface area contributed by atoms with E-state index in [0.29, 0.717) is 0 Å². The van der Waals surface area contributed by atoms with Crippen LogP contribution in [0, 0.1) is 0 Å². The summed E-state index contributed by atoms with van der Waals surface area (Å²) in [5.74, 6) is -0.271. The van der Waals surface area contributed by atoms with Crippen molar-refractivity contribution in [1.82, 2.24) is 10.2 Å². The molecule has 1 heterocycles. The zero-order chi connectivity index (χ0) is 14.0. The minimum Gasteiger partial charge on any atom is -0.351 e. The van der Waals surface area contributed by atoms with Gasteiger partial charge in [0.05, 0.1) is 11.8 Å². The predicted octanol–water partition coefficient (Wildman–Crippen LogP) is -0.899. The van der Waals surface area contributed by atoms with Gasteiger partial charge in [-0.15, -0.1) is 0 Å². The number of carbonyl (C=O) groups is 1. The molecule has 1 amide bonds. The molecule has 2 atom stereocenters. The van der Waals surface area contributed by atoms with E-state index in [2.05, 4.69) is 10.2 Å². The topological polar surface area (TPSA) is 92.5 Å². The lowest BCUT2D eigenvalue weighted by atomic mass is 10.2. The van der Waals surface area contributed by atoms with Crippen LogP contribution in [-0.4, -0.2) is 62.4 Å². The van der Waals surface area contributed by atoms with Gasteiger partial charge in [-0.3, -0.25) is 9.69 Å². The zero-order valence-corrected chi connectivity index (χ0v) is 12.2. The second kappa shape index (κ2) is 5.76. The predicted molar refractivity (Wildman–Crippen MR) is 73.4 cm³/mol. The van der Waals surface area contributed by atoms with E-state index in [1.54, 1.807) is 0 Å². The first-order valence-electron chi connectivity index (χ1n) is 6.83. The molecule has 0 spiro atoms. The molecule has 1 aliphatic heterocycles. The second-order valence-corrected chi connectivity index (χ2v) is 8.01. The Hall–Kier alpha value is -0.660. The molecule has 7 heteroatoms. The molecule has 6 nitrogen and oxygen atoms in total. The number of nitrogens with two attached hydrogens (primary N) is 1. The highest BCUT2D eigenvalue weighted by Crippen LogP contribution is 2.29.